The van der Waals surface area contributed by atoms with Gasteiger partial charge in [-0.05, 0) is 60.6 Å². The first-order valence-corrected chi connectivity index (χ1v) is 12.2. The highest BCUT2D eigenvalue weighted by Crippen LogP contribution is 2.42. The summed E-state index contributed by atoms with van der Waals surface area (Å²) >= 11 is 0. The van der Waals surface area contributed by atoms with Crippen molar-refractivity contribution < 1.29 is 19.1 Å². The molecule has 0 atom stereocenters. The highest BCUT2D eigenvalue weighted by atomic mass is 16.6. The summed E-state index contributed by atoms with van der Waals surface area (Å²) in [5.41, 5.74) is 3.86. The molecule has 4 heteroatoms. The number of aryl methyl sites for hydroxylation is 1. The third kappa shape index (κ3) is 6.13. The van der Waals surface area contributed by atoms with Gasteiger partial charge in [0, 0.05) is 5.56 Å². The van der Waals surface area contributed by atoms with Crippen molar-refractivity contribution in [1.82, 2.24) is 0 Å². The van der Waals surface area contributed by atoms with Crippen LogP contribution < -0.4 is 9.47 Å². The molecule has 0 aliphatic carbocycles. The second-order valence-corrected chi connectivity index (χ2v) is 8.78. The predicted octanol–water partition coefficient (Wildman–Crippen LogP) is 7.54. The summed E-state index contributed by atoms with van der Waals surface area (Å²) < 4.78 is 12.0. The maximum Gasteiger partial charge on any atom is 0.343 e. The fourth-order valence-corrected chi connectivity index (χ4v) is 4.01. The van der Waals surface area contributed by atoms with E-state index in [1.54, 1.807) is 48.5 Å². The first-order chi connectivity index (χ1) is 16.5. The lowest BCUT2D eigenvalue weighted by Gasteiger charge is -2.23. The minimum Gasteiger partial charge on any atom is -0.419 e. The third-order valence-electron chi connectivity index (χ3n) is 5.78. The molecule has 0 heterocycles. The summed E-state index contributed by atoms with van der Waals surface area (Å²) in [7, 11) is 0. The molecule has 0 saturated heterocycles. The van der Waals surface area contributed by atoms with Gasteiger partial charge in [0.25, 0.3) is 0 Å². The van der Waals surface area contributed by atoms with E-state index in [0.29, 0.717) is 29.0 Å². The van der Waals surface area contributed by atoms with E-state index in [0.717, 1.165) is 42.4 Å². The van der Waals surface area contributed by atoms with Gasteiger partial charge < -0.3 is 9.47 Å². The molecule has 0 unspecified atom stereocenters. The van der Waals surface area contributed by atoms with Crippen LogP contribution >= 0.6 is 0 Å². The molecule has 3 aromatic rings. The molecule has 0 saturated carbocycles. The number of benzene rings is 3. The van der Waals surface area contributed by atoms with E-state index in [2.05, 4.69) is 33.8 Å². The number of carbonyl (C=O) groups is 2. The highest BCUT2D eigenvalue weighted by Gasteiger charge is 2.26. The molecule has 0 N–H and O–H groups in total. The van der Waals surface area contributed by atoms with Gasteiger partial charge in [0.15, 0.2) is 11.5 Å². The Morgan fingerprint density at radius 1 is 0.735 bits per heavy atom. The SMILES string of the molecule is CCCCc1c(C(C)C)cc(CCC)c(OC(=O)c2ccccc2)c1OC(=O)c1ccccc1. The Balaban J connectivity index is 2.17. The molecule has 0 amide bonds. The van der Waals surface area contributed by atoms with Crippen molar-refractivity contribution >= 4 is 11.9 Å². The van der Waals surface area contributed by atoms with Crippen molar-refractivity contribution in [2.24, 2.45) is 0 Å². The monoisotopic (exact) mass is 458 g/mol. The molecule has 3 aromatic carbocycles. The number of unbranched alkanes of at least 4 members (excludes halogenated alkanes) is 1. The molecule has 3 rings (SSSR count). The molecular formula is C30H34O4. The van der Waals surface area contributed by atoms with Gasteiger partial charge in [0.05, 0.1) is 11.1 Å². The van der Waals surface area contributed by atoms with Crippen molar-refractivity contribution in [3.05, 3.63) is 94.5 Å². The fraction of sp³-hybridized carbons (Fsp3) is 0.333. The molecule has 0 aromatic heterocycles. The summed E-state index contributed by atoms with van der Waals surface area (Å²) in [6.07, 6.45) is 4.26. The number of ether oxygens (including phenoxy) is 2. The standard InChI is InChI=1S/C30H34O4/c1-5-7-19-25-26(21(3)4)20-24(14-6-2)27(33-29(31)22-15-10-8-11-16-22)28(25)34-30(32)23-17-12-9-13-18-23/h8-13,15-18,20-21H,5-7,14,19H2,1-4H3. The van der Waals surface area contributed by atoms with Crippen LogP contribution in [0.2, 0.25) is 0 Å². The third-order valence-corrected chi connectivity index (χ3v) is 5.78. The highest BCUT2D eigenvalue weighted by molar-refractivity contribution is 5.93. The first kappa shape index (κ1) is 25.2. The van der Waals surface area contributed by atoms with Crippen LogP contribution in [0, 0.1) is 0 Å². The van der Waals surface area contributed by atoms with Crippen LogP contribution in [0.5, 0.6) is 11.5 Å². The first-order valence-electron chi connectivity index (χ1n) is 12.2. The number of esters is 2. The van der Waals surface area contributed by atoms with Gasteiger partial charge >= 0.3 is 11.9 Å². The zero-order valence-electron chi connectivity index (χ0n) is 20.6. The minimum absolute atomic E-state index is 0.232. The lowest BCUT2D eigenvalue weighted by atomic mass is 9.89. The molecule has 0 spiro atoms. The number of rotatable bonds is 10. The molecule has 0 bridgehead atoms. The van der Waals surface area contributed by atoms with Crippen LogP contribution in [-0.2, 0) is 12.8 Å². The van der Waals surface area contributed by atoms with Crippen molar-refractivity contribution in [3.8, 4) is 11.5 Å². The van der Waals surface area contributed by atoms with Gasteiger partial charge in [0.1, 0.15) is 0 Å². The molecule has 0 aliphatic rings. The van der Waals surface area contributed by atoms with E-state index in [1.807, 2.05) is 12.1 Å². The average Bonchev–Trinajstić information content (AvgIpc) is 2.85. The van der Waals surface area contributed by atoms with Crippen molar-refractivity contribution in [2.75, 3.05) is 0 Å². The van der Waals surface area contributed by atoms with E-state index >= 15 is 0 Å². The predicted molar refractivity (Wildman–Crippen MR) is 136 cm³/mol. The van der Waals surface area contributed by atoms with Gasteiger partial charge in [-0.25, -0.2) is 9.59 Å². The van der Waals surface area contributed by atoms with E-state index in [4.69, 9.17) is 9.47 Å². The quantitative estimate of drug-likeness (QED) is 0.233. The Bertz CT molecular complexity index is 1100. The second-order valence-electron chi connectivity index (χ2n) is 8.78. The molecule has 4 nitrogen and oxygen atoms in total. The lowest BCUT2D eigenvalue weighted by Crippen LogP contribution is -2.17. The normalized spacial score (nSPS) is 10.9. The van der Waals surface area contributed by atoms with Crippen LogP contribution in [0.4, 0.5) is 0 Å². The van der Waals surface area contributed by atoms with Crippen molar-refractivity contribution in [2.45, 2.75) is 65.7 Å². The largest absolute Gasteiger partial charge is 0.419 e. The van der Waals surface area contributed by atoms with Gasteiger partial charge in [-0.1, -0.05) is 83.0 Å². The molecule has 34 heavy (non-hydrogen) atoms. The van der Waals surface area contributed by atoms with Crippen molar-refractivity contribution in [1.29, 1.82) is 0 Å². The molecule has 0 radical (unpaired) electrons. The van der Waals surface area contributed by atoms with Gasteiger partial charge in [-0.15, -0.1) is 0 Å². The molecular weight excluding hydrogens is 424 g/mol. The minimum atomic E-state index is -0.464. The number of carbonyl (C=O) groups excluding carboxylic acids is 2. The molecule has 0 fully saturated rings. The van der Waals surface area contributed by atoms with E-state index in [9.17, 15) is 9.59 Å². The summed E-state index contributed by atoms with van der Waals surface area (Å²) in [6.45, 7) is 8.49. The van der Waals surface area contributed by atoms with E-state index in [-0.39, 0.29) is 5.92 Å². The average molecular weight is 459 g/mol. The Labute approximate surface area is 202 Å². The Morgan fingerprint density at radius 3 is 1.74 bits per heavy atom. The topological polar surface area (TPSA) is 52.6 Å². The number of hydrogen-bond donors (Lipinski definition) is 0. The maximum absolute atomic E-state index is 13.1. The van der Waals surface area contributed by atoms with Crippen molar-refractivity contribution in [3.63, 3.8) is 0 Å². The lowest BCUT2D eigenvalue weighted by molar-refractivity contribution is 0.0679. The number of hydrogen-bond acceptors (Lipinski definition) is 4. The zero-order chi connectivity index (χ0) is 24.5. The van der Waals surface area contributed by atoms with Crippen LogP contribution in [0.15, 0.2) is 66.7 Å². The summed E-state index contributed by atoms with van der Waals surface area (Å²) in [4.78, 5) is 26.2. The van der Waals surface area contributed by atoms with Gasteiger partial charge in [0.2, 0.25) is 0 Å². The molecule has 178 valence electrons. The van der Waals surface area contributed by atoms with Gasteiger partial charge in [-0.2, -0.15) is 0 Å². The molecule has 0 aliphatic heterocycles. The Morgan fingerprint density at radius 2 is 1.26 bits per heavy atom. The van der Waals surface area contributed by atoms with Crippen LogP contribution in [0.25, 0.3) is 0 Å². The zero-order valence-corrected chi connectivity index (χ0v) is 20.6. The van der Waals surface area contributed by atoms with E-state index in [1.165, 1.54) is 0 Å². The fourth-order valence-electron chi connectivity index (χ4n) is 4.01. The van der Waals surface area contributed by atoms with Crippen LogP contribution in [0.1, 0.15) is 90.3 Å². The smallest absolute Gasteiger partial charge is 0.343 e. The van der Waals surface area contributed by atoms with Crippen LogP contribution in [0.3, 0.4) is 0 Å². The maximum atomic E-state index is 13.1. The second kappa shape index (κ2) is 12.2. The van der Waals surface area contributed by atoms with Gasteiger partial charge in [-0.3, -0.25) is 0 Å². The van der Waals surface area contributed by atoms with Crippen LogP contribution in [-0.4, -0.2) is 11.9 Å². The summed E-state index contributed by atoms with van der Waals surface area (Å²) in [5, 5.41) is 0. The summed E-state index contributed by atoms with van der Waals surface area (Å²) in [6, 6.07) is 19.9. The summed E-state index contributed by atoms with van der Waals surface area (Å²) in [5.74, 6) is 0.0413. The Kier molecular flexibility index (Phi) is 9.03. The van der Waals surface area contributed by atoms with E-state index < -0.39 is 11.9 Å². The Hall–Kier alpha value is -3.40.